The van der Waals surface area contributed by atoms with E-state index in [0.29, 0.717) is 16.8 Å². The van der Waals surface area contributed by atoms with E-state index < -0.39 is 0 Å². The van der Waals surface area contributed by atoms with E-state index >= 15 is 0 Å². The zero-order valence-electron chi connectivity index (χ0n) is 19.1. The van der Waals surface area contributed by atoms with Crippen LogP contribution in [0.15, 0.2) is 18.2 Å². The van der Waals surface area contributed by atoms with Crippen LogP contribution in [0.3, 0.4) is 0 Å². The topological polar surface area (TPSA) is 87.3 Å². The first-order chi connectivity index (χ1) is 15.6. The Hall–Kier alpha value is -2.37. The second kappa shape index (κ2) is 11.0. The molecule has 0 radical (unpaired) electrons. The van der Waals surface area contributed by atoms with Gasteiger partial charge in [-0.2, -0.15) is 0 Å². The predicted octanol–water partition coefficient (Wildman–Crippen LogP) is 4.94. The molecule has 1 aromatic carbocycles. The fourth-order valence-corrected chi connectivity index (χ4v) is 5.43. The summed E-state index contributed by atoms with van der Waals surface area (Å²) in [7, 11) is 0. The van der Waals surface area contributed by atoms with Crippen LogP contribution in [0.1, 0.15) is 111 Å². The summed E-state index contributed by atoms with van der Waals surface area (Å²) in [6.45, 7) is 0. The number of amides is 3. The Balaban J connectivity index is 1.51. The number of hydrogen-bond acceptors (Lipinski definition) is 3. The highest BCUT2D eigenvalue weighted by atomic mass is 16.2. The minimum atomic E-state index is -0.166. The van der Waals surface area contributed by atoms with Gasteiger partial charge in [0, 0.05) is 34.8 Å². The SMILES string of the molecule is O=C(NC1CCCCC1)c1cc(NC(=O)C2CCCC2)cc(C(=O)NC2CCCCC2)c1. The Morgan fingerprint density at radius 1 is 0.594 bits per heavy atom. The Bertz CT molecular complexity index is 769. The second-order valence-electron chi connectivity index (χ2n) is 9.89. The molecule has 0 spiro atoms. The molecule has 4 rings (SSSR count). The van der Waals surface area contributed by atoms with E-state index in [4.69, 9.17) is 0 Å². The fourth-order valence-electron chi connectivity index (χ4n) is 5.43. The molecule has 3 N–H and O–H groups in total. The van der Waals surface area contributed by atoms with Gasteiger partial charge in [0.05, 0.1) is 0 Å². The first-order valence-electron chi connectivity index (χ1n) is 12.7. The largest absolute Gasteiger partial charge is 0.349 e. The Morgan fingerprint density at radius 2 is 1.03 bits per heavy atom. The van der Waals surface area contributed by atoms with Gasteiger partial charge in [0.2, 0.25) is 5.91 Å². The number of hydrogen-bond donors (Lipinski definition) is 3. The lowest BCUT2D eigenvalue weighted by molar-refractivity contribution is -0.119. The molecule has 0 aliphatic heterocycles. The monoisotopic (exact) mass is 439 g/mol. The predicted molar refractivity (Wildman–Crippen MR) is 126 cm³/mol. The van der Waals surface area contributed by atoms with Gasteiger partial charge in [-0.05, 0) is 56.7 Å². The number of carbonyl (C=O) groups is 3. The minimum Gasteiger partial charge on any atom is -0.349 e. The number of nitrogens with one attached hydrogen (secondary N) is 3. The molecule has 3 amide bonds. The van der Waals surface area contributed by atoms with Crippen molar-refractivity contribution >= 4 is 23.4 Å². The number of rotatable bonds is 6. The molecule has 32 heavy (non-hydrogen) atoms. The molecule has 0 aromatic heterocycles. The summed E-state index contributed by atoms with van der Waals surface area (Å²) in [5.41, 5.74) is 1.41. The van der Waals surface area contributed by atoms with Crippen molar-refractivity contribution in [2.24, 2.45) is 5.92 Å². The van der Waals surface area contributed by atoms with Crippen LogP contribution in [0, 0.1) is 5.92 Å². The van der Waals surface area contributed by atoms with Crippen LogP contribution in [-0.4, -0.2) is 29.8 Å². The first kappa shape index (κ1) is 22.8. The van der Waals surface area contributed by atoms with Gasteiger partial charge in [0.25, 0.3) is 11.8 Å². The second-order valence-corrected chi connectivity index (χ2v) is 9.89. The van der Waals surface area contributed by atoms with Crippen molar-refractivity contribution in [3.63, 3.8) is 0 Å². The maximum absolute atomic E-state index is 13.0. The third kappa shape index (κ3) is 6.11. The molecule has 1 aromatic rings. The van der Waals surface area contributed by atoms with Crippen LogP contribution in [0.2, 0.25) is 0 Å². The summed E-state index contributed by atoms with van der Waals surface area (Å²) < 4.78 is 0. The fraction of sp³-hybridized carbons (Fsp3) is 0.654. The van der Waals surface area contributed by atoms with Crippen molar-refractivity contribution in [1.82, 2.24) is 10.6 Å². The highest BCUT2D eigenvalue weighted by molar-refractivity contribution is 6.03. The quantitative estimate of drug-likeness (QED) is 0.587. The Morgan fingerprint density at radius 3 is 1.50 bits per heavy atom. The minimum absolute atomic E-state index is 0.00835. The van der Waals surface area contributed by atoms with Crippen LogP contribution in [0.25, 0.3) is 0 Å². The molecule has 3 saturated carbocycles. The van der Waals surface area contributed by atoms with Gasteiger partial charge in [-0.25, -0.2) is 0 Å². The first-order valence-corrected chi connectivity index (χ1v) is 12.7. The van der Waals surface area contributed by atoms with E-state index in [1.165, 1.54) is 12.8 Å². The summed E-state index contributed by atoms with van der Waals surface area (Å²) >= 11 is 0. The van der Waals surface area contributed by atoms with Gasteiger partial charge in [0.1, 0.15) is 0 Å². The third-order valence-corrected chi connectivity index (χ3v) is 7.33. The summed E-state index contributed by atoms with van der Waals surface area (Å²) in [5, 5.41) is 9.25. The Labute approximate surface area is 191 Å². The molecule has 174 valence electrons. The van der Waals surface area contributed by atoms with Crippen molar-refractivity contribution in [3.05, 3.63) is 29.3 Å². The molecule has 6 nitrogen and oxygen atoms in total. The lowest BCUT2D eigenvalue weighted by Crippen LogP contribution is -2.37. The van der Waals surface area contributed by atoms with E-state index in [1.807, 2.05) is 0 Å². The third-order valence-electron chi connectivity index (χ3n) is 7.33. The molecular formula is C26H37N3O3. The van der Waals surface area contributed by atoms with Gasteiger partial charge in [-0.1, -0.05) is 51.4 Å². The van der Waals surface area contributed by atoms with E-state index in [1.54, 1.807) is 18.2 Å². The zero-order valence-corrected chi connectivity index (χ0v) is 19.1. The standard InChI is InChI=1S/C26H37N3O3/c30-24(18-9-7-8-10-18)29-23-16-19(25(31)27-21-11-3-1-4-12-21)15-20(17-23)26(32)28-22-13-5-2-6-14-22/h15-18,21-22H,1-14H2,(H,27,31)(H,28,32)(H,29,30). The smallest absolute Gasteiger partial charge is 0.251 e. The number of anilines is 1. The molecule has 0 bridgehead atoms. The van der Waals surface area contributed by atoms with E-state index in [9.17, 15) is 14.4 Å². The van der Waals surface area contributed by atoms with E-state index in [-0.39, 0.29) is 35.7 Å². The van der Waals surface area contributed by atoms with Crippen molar-refractivity contribution < 1.29 is 14.4 Å². The molecule has 3 aliphatic rings. The van der Waals surface area contributed by atoms with Crippen LogP contribution >= 0.6 is 0 Å². The van der Waals surface area contributed by atoms with Crippen molar-refractivity contribution in [2.75, 3.05) is 5.32 Å². The molecule has 0 heterocycles. The zero-order chi connectivity index (χ0) is 22.3. The molecule has 0 atom stereocenters. The van der Waals surface area contributed by atoms with E-state index in [2.05, 4.69) is 16.0 Å². The number of benzene rings is 1. The van der Waals surface area contributed by atoms with Crippen LogP contribution in [0.5, 0.6) is 0 Å². The lowest BCUT2D eigenvalue weighted by Gasteiger charge is -2.24. The molecule has 3 aliphatic carbocycles. The van der Waals surface area contributed by atoms with Crippen molar-refractivity contribution in [1.29, 1.82) is 0 Å². The molecule has 0 saturated heterocycles. The number of carbonyl (C=O) groups excluding carboxylic acids is 3. The highest BCUT2D eigenvalue weighted by Crippen LogP contribution is 2.27. The normalized spacial score (nSPS) is 20.6. The van der Waals surface area contributed by atoms with E-state index in [0.717, 1.165) is 77.0 Å². The maximum atomic E-state index is 13.0. The average Bonchev–Trinajstić information content (AvgIpc) is 3.35. The van der Waals surface area contributed by atoms with Gasteiger partial charge in [-0.3, -0.25) is 14.4 Å². The summed E-state index contributed by atoms with van der Waals surface area (Å²) in [6.07, 6.45) is 15.0. The average molecular weight is 440 g/mol. The lowest BCUT2D eigenvalue weighted by atomic mass is 9.94. The van der Waals surface area contributed by atoms with Crippen LogP contribution in [-0.2, 0) is 4.79 Å². The van der Waals surface area contributed by atoms with Crippen LogP contribution in [0.4, 0.5) is 5.69 Å². The summed E-state index contributed by atoms with van der Waals surface area (Å²) in [5.74, 6) is -0.318. The summed E-state index contributed by atoms with van der Waals surface area (Å²) in [4.78, 5) is 38.7. The van der Waals surface area contributed by atoms with Gasteiger partial charge in [0.15, 0.2) is 0 Å². The molecular weight excluding hydrogens is 402 g/mol. The maximum Gasteiger partial charge on any atom is 0.251 e. The molecule has 0 unspecified atom stereocenters. The Kier molecular flexibility index (Phi) is 7.82. The van der Waals surface area contributed by atoms with Crippen LogP contribution < -0.4 is 16.0 Å². The van der Waals surface area contributed by atoms with Gasteiger partial charge >= 0.3 is 0 Å². The van der Waals surface area contributed by atoms with Gasteiger partial charge in [-0.15, -0.1) is 0 Å². The van der Waals surface area contributed by atoms with Gasteiger partial charge < -0.3 is 16.0 Å². The summed E-state index contributed by atoms with van der Waals surface area (Å²) in [6, 6.07) is 5.46. The highest BCUT2D eigenvalue weighted by Gasteiger charge is 2.24. The molecule has 6 heteroatoms. The molecule has 3 fully saturated rings. The van der Waals surface area contributed by atoms with Crippen molar-refractivity contribution in [2.45, 2.75) is 102 Å². The van der Waals surface area contributed by atoms with Crippen molar-refractivity contribution in [3.8, 4) is 0 Å².